The van der Waals surface area contributed by atoms with Crippen molar-refractivity contribution in [2.45, 2.75) is 19.8 Å². The third-order valence-electron chi connectivity index (χ3n) is 3.55. The number of ether oxygens (including phenoxy) is 1. The van der Waals surface area contributed by atoms with Gasteiger partial charge in [0.2, 0.25) is 5.91 Å². The van der Waals surface area contributed by atoms with E-state index < -0.39 is 0 Å². The molecule has 4 nitrogen and oxygen atoms in total. The van der Waals surface area contributed by atoms with Gasteiger partial charge in [0.05, 0.1) is 19.1 Å². The molecule has 0 saturated heterocycles. The van der Waals surface area contributed by atoms with Crippen molar-refractivity contribution in [3.8, 4) is 0 Å². The maximum Gasteiger partial charge on any atom is 0.337 e. The highest BCUT2D eigenvalue weighted by Crippen LogP contribution is 2.16. The zero-order chi connectivity index (χ0) is 16.7. The Kier molecular flexibility index (Phi) is 5.92. The highest BCUT2D eigenvalue weighted by atomic mass is 16.5. The lowest BCUT2D eigenvalue weighted by atomic mass is 10.1. The predicted molar refractivity (Wildman–Crippen MR) is 90.6 cm³/mol. The first kappa shape index (κ1) is 16.7. The number of hydrogen-bond donors (Lipinski definition) is 0. The van der Waals surface area contributed by atoms with Crippen molar-refractivity contribution in [1.29, 1.82) is 0 Å². The van der Waals surface area contributed by atoms with Crippen LogP contribution in [0.4, 0.5) is 5.69 Å². The highest BCUT2D eigenvalue weighted by Gasteiger charge is 2.15. The molecule has 0 aromatic heterocycles. The predicted octanol–water partition coefficient (Wildman–Crippen LogP) is 3.46. The van der Waals surface area contributed by atoms with Gasteiger partial charge in [-0.3, -0.25) is 4.79 Å². The van der Waals surface area contributed by atoms with Crippen LogP contribution in [-0.4, -0.2) is 25.5 Å². The molecule has 0 atom stereocenters. The normalized spacial score (nSPS) is 10.2. The van der Waals surface area contributed by atoms with Gasteiger partial charge in [-0.1, -0.05) is 37.3 Å². The lowest BCUT2D eigenvalue weighted by molar-refractivity contribution is -0.118. The molecule has 0 N–H and O–H groups in total. The Bertz CT molecular complexity index is 650. The van der Waals surface area contributed by atoms with Gasteiger partial charge >= 0.3 is 5.97 Å². The van der Waals surface area contributed by atoms with E-state index in [0.717, 1.165) is 17.7 Å². The van der Waals surface area contributed by atoms with E-state index in [1.807, 2.05) is 37.3 Å². The monoisotopic (exact) mass is 311 g/mol. The molecule has 0 fully saturated rings. The molecule has 120 valence electrons. The third kappa shape index (κ3) is 4.42. The quantitative estimate of drug-likeness (QED) is 0.768. The Morgan fingerprint density at radius 1 is 1.00 bits per heavy atom. The van der Waals surface area contributed by atoms with Crippen molar-refractivity contribution in [1.82, 2.24) is 0 Å². The standard InChI is InChI=1S/C19H21NO3/c1-3-13-20(17-7-5-4-6-8-17)18(21)14-15-9-11-16(12-10-15)19(22)23-2/h4-12H,3,13-14H2,1-2H3. The summed E-state index contributed by atoms with van der Waals surface area (Å²) in [5.41, 5.74) is 2.27. The van der Waals surface area contributed by atoms with Crippen molar-refractivity contribution < 1.29 is 14.3 Å². The van der Waals surface area contributed by atoms with Crippen LogP contribution in [-0.2, 0) is 16.0 Å². The number of para-hydroxylation sites is 1. The summed E-state index contributed by atoms with van der Waals surface area (Å²) < 4.78 is 4.67. The summed E-state index contributed by atoms with van der Waals surface area (Å²) in [5.74, 6) is -0.330. The Morgan fingerprint density at radius 3 is 2.22 bits per heavy atom. The maximum absolute atomic E-state index is 12.6. The van der Waals surface area contributed by atoms with Gasteiger partial charge in [-0.25, -0.2) is 4.79 Å². The number of amides is 1. The van der Waals surface area contributed by atoms with Gasteiger partial charge in [0, 0.05) is 12.2 Å². The van der Waals surface area contributed by atoms with Gasteiger partial charge in [0.1, 0.15) is 0 Å². The average Bonchev–Trinajstić information content (AvgIpc) is 2.60. The van der Waals surface area contributed by atoms with Crippen molar-refractivity contribution in [3.63, 3.8) is 0 Å². The lowest BCUT2D eigenvalue weighted by Crippen LogP contribution is -2.32. The third-order valence-corrected chi connectivity index (χ3v) is 3.55. The second-order valence-electron chi connectivity index (χ2n) is 5.25. The molecular formula is C19H21NO3. The first-order valence-electron chi connectivity index (χ1n) is 7.68. The van der Waals surface area contributed by atoms with Crippen LogP contribution in [0.15, 0.2) is 54.6 Å². The van der Waals surface area contributed by atoms with Gasteiger partial charge in [-0.2, -0.15) is 0 Å². The minimum atomic E-state index is -0.375. The van der Waals surface area contributed by atoms with Gasteiger partial charge < -0.3 is 9.64 Å². The molecule has 2 aromatic rings. The van der Waals surface area contributed by atoms with Crippen LogP contribution >= 0.6 is 0 Å². The van der Waals surface area contributed by atoms with E-state index in [0.29, 0.717) is 18.5 Å². The molecule has 4 heteroatoms. The second kappa shape index (κ2) is 8.13. The van der Waals surface area contributed by atoms with Crippen LogP contribution in [0.5, 0.6) is 0 Å². The van der Waals surface area contributed by atoms with E-state index in [4.69, 9.17) is 0 Å². The molecule has 0 bridgehead atoms. The Balaban J connectivity index is 2.11. The van der Waals surface area contributed by atoms with Gasteiger partial charge in [0.15, 0.2) is 0 Å². The Hall–Kier alpha value is -2.62. The molecule has 0 saturated carbocycles. The van der Waals surface area contributed by atoms with E-state index in [1.165, 1.54) is 7.11 Å². The molecule has 0 aliphatic rings. The molecule has 23 heavy (non-hydrogen) atoms. The van der Waals surface area contributed by atoms with E-state index >= 15 is 0 Å². The zero-order valence-corrected chi connectivity index (χ0v) is 13.5. The number of esters is 1. The molecule has 0 radical (unpaired) electrons. The average molecular weight is 311 g/mol. The van der Waals surface area contributed by atoms with Crippen LogP contribution < -0.4 is 4.90 Å². The van der Waals surface area contributed by atoms with E-state index in [1.54, 1.807) is 29.2 Å². The van der Waals surface area contributed by atoms with E-state index in [2.05, 4.69) is 4.74 Å². The minimum absolute atomic E-state index is 0.0452. The lowest BCUT2D eigenvalue weighted by Gasteiger charge is -2.22. The Labute approximate surface area is 136 Å². The number of carbonyl (C=O) groups excluding carboxylic acids is 2. The summed E-state index contributed by atoms with van der Waals surface area (Å²) >= 11 is 0. The number of anilines is 1. The smallest absolute Gasteiger partial charge is 0.337 e. The molecule has 2 aromatic carbocycles. The fourth-order valence-corrected chi connectivity index (χ4v) is 2.38. The van der Waals surface area contributed by atoms with E-state index in [-0.39, 0.29) is 11.9 Å². The van der Waals surface area contributed by atoms with Gasteiger partial charge in [-0.05, 0) is 36.2 Å². The van der Waals surface area contributed by atoms with Crippen LogP contribution in [0.2, 0.25) is 0 Å². The summed E-state index contributed by atoms with van der Waals surface area (Å²) in [6.45, 7) is 2.73. The number of hydrogen-bond acceptors (Lipinski definition) is 3. The summed E-state index contributed by atoms with van der Waals surface area (Å²) in [7, 11) is 1.35. The molecule has 2 rings (SSSR count). The van der Waals surface area contributed by atoms with Crippen molar-refractivity contribution in [2.75, 3.05) is 18.6 Å². The Morgan fingerprint density at radius 2 is 1.65 bits per heavy atom. The summed E-state index contributed by atoms with van der Waals surface area (Å²) in [6.07, 6.45) is 1.19. The number of carbonyl (C=O) groups is 2. The van der Waals surface area contributed by atoms with E-state index in [9.17, 15) is 9.59 Å². The fraction of sp³-hybridized carbons (Fsp3) is 0.263. The molecular weight excluding hydrogens is 290 g/mol. The molecule has 0 heterocycles. The number of nitrogens with zero attached hydrogens (tertiary/aromatic N) is 1. The fourth-order valence-electron chi connectivity index (χ4n) is 2.38. The molecule has 0 unspecified atom stereocenters. The first-order valence-corrected chi connectivity index (χ1v) is 7.68. The van der Waals surface area contributed by atoms with Crippen LogP contribution in [0.3, 0.4) is 0 Å². The SMILES string of the molecule is CCCN(C(=O)Cc1ccc(C(=O)OC)cc1)c1ccccc1. The highest BCUT2D eigenvalue weighted by molar-refractivity contribution is 5.95. The van der Waals surface area contributed by atoms with Gasteiger partial charge in [-0.15, -0.1) is 0 Å². The molecule has 0 spiro atoms. The van der Waals surface area contributed by atoms with Crippen LogP contribution in [0, 0.1) is 0 Å². The number of rotatable bonds is 6. The van der Waals surface area contributed by atoms with Crippen molar-refractivity contribution in [2.24, 2.45) is 0 Å². The van der Waals surface area contributed by atoms with Crippen molar-refractivity contribution in [3.05, 3.63) is 65.7 Å². The summed E-state index contributed by atoms with van der Waals surface area (Å²) in [5, 5.41) is 0. The zero-order valence-electron chi connectivity index (χ0n) is 13.5. The first-order chi connectivity index (χ1) is 11.2. The van der Waals surface area contributed by atoms with Crippen molar-refractivity contribution >= 4 is 17.6 Å². The molecule has 0 aliphatic heterocycles. The summed E-state index contributed by atoms with van der Waals surface area (Å²) in [6, 6.07) is 16.6. The topological polar surface area (TPSA) is 46.6 Å². The summed E-state index contributed by atoms with van der Waals surface area (Å²) in [4.78, 5) is 25.8. The molecule has 1 amide bonds. The van der Waals surface area contributed by atoms with Crippen LogP contribution in [0.25, 0.3) is 0 Å². The number of methoxy groups -OCH3 is 1. The van der Waals surface area contributed by atoms with Crippen LogP contribution in [0.1, 0.15) is 29.3 Å². The largest absolute Gasteiger partial charge is 0.465 e. The minimum Gasteiger partial charge on any atom is -0.465 e. The second-order valence-corrected chi connectivity index (χ2v) is 5.25. The van der Waals surface area contributed by atoms with Gasteiger partial charge in [0.25, 0.3) is 0 Å². The molecule has 0 aliphatic carbocycles. The maximum atomic E-state index is 12.6. The number of benzene rings is 2.